The van der Waals surface area contributed by atoms with Crippen molar-refractivity contribution >= 4 is 96.1 Å². The van der Waals surface area contributed by atoms with Crippen molar-refractivity contribution in [2.24, 2.45) is 0 Å². The van der Waals surface area contributed by atoms with Gasteiger partial charge in [-0.2, -0.15) is 0 Å². The molecule has 12 rings (SSSR count). The minimum Gasteiger partial charge on any atom is -0.311 e. The van der Waals surface area contributed by atoms with Gasteiger partial charge in [-0.25, -0.2) is 0 Å². The van der Waals surface area contributed by atoms with E-state index in [1.54, 1.807) is 0 Å². The monoisotopic (exact) mass is 1050 g/mol. The molecule has 1 aromatic heterocycles. The van der Waals surface area contributed by atoms with Gasteiger partial charge in [-0.3, -0.25) is 0 Å². The van der Waals surface area contributed by atoms with Crippen LogP contribution < -0.4 is 31.1 Å². The van der Waals surface area contributed by atoms with E-state index in [9.17, 15) is 0 Å². The molecule has 0 atom stereocenters. The summed E-state index contributed by atoms with van der Waals surface area (Å²) >= 11 is 0. The lowest BCUT2D eigenvalue weighted by molar-refractivity contribution is 0.589. The number of hydrogen-bond donors (Lipinski definition) is 0. The van der Waals surface area contributed by atoms with Gasteiger partial charge < -0.3 is 19.3 Å². The van der Waals surface area contributed by atoms with Gasteiger partial charge in [0, 0.05) is 56.3 Å². The number of aryl methyl sites for hydroxylation is 5. The van der Waals surface area contributed by atoms with Crippen LogP contribution in [0, 0.1) is 34.6 Å². The highest BCUT2D eigenvalue weighted by molar-refractivity contribution is 7.00. The number of aromatic nitrogens is 1. The van der Waals surface area contributed by atoms with Gasteiger partial charge in [-0.15, -0.1) is 0 Å². The van der Waals surface area contributed by atoms with Crippen LogP contribution in [0.15, 0.2) is 170 Å². The van der Waals surface area contributed by atoms with Gasteiger partial charge in [0.25, 0.3) is 6.71 Å². The summed E-state index contributed by atoms with van der Waals surface area (Å²) in [5.74, 6) is 0. The molecule has 0 amide bonds. The second-order valence-electron chi connectivity index (χ2n) is 27.5. The van der Waals surface area contributed by atoms with Crippen LogP contribution in [-0.4, -0.2) is 11.3 Å². The molecule has 0 spiro atoms. The standard InChI is InChI=1S/C75H79BN4/c1-46-37-67-69-68(38-46)80(71-49(4)41-54(42-50(71)5)75(15,16)17)66-45-58(33-36-62(66)76(69)61-35-29-52(73(9,10)11)43-65(61)79(67)70-47(2)39-53(40-48(70)3)74(12,13)14)77(56-30-27-51(28-31-56)72(6,7)8)57-32-34-60-59-25-21-22-26-63(59)78(64(60)44-57)55-23-19-18-20-24-55/h18-45H,1-17H3. The molecule has 9 aromatic carbocycles. The topological polar surface area (TPSA) is 14.7 Å². The van der Waals surface area contributed by atoms with Crippen LogP contribution in [0.4, 0.5) is 51.2 Å². The number of para-hydroxylation sites is 2. The summed E-state index contributed by atoms with van der Waals surface area (Å²) < 4.78 is 2.43. The maximum atomic E-state index is 2.66. The normalized spacial score (nSPS) is 13.5. The largest absolute Gasteiger partial charge is 0.311 e. The quantitative estimate of drug-likeness (QED) is 0.154. The van der Waals surface area contributed by atoms with Crippen molar-refractivity contribution < 1.29 is 0 Å². The van der Waals surface area contributed by atoms with Crippen LogP contribution in [0.1, 0.15) is 133 Å². The number of fused-ring (bicyclic) bond motifs is 7. The molecule has 0 N–H and O–H groups in total. The van der Waals surface area contributed by atoms with E-state index in [2.05, 4.69) is 307 Å². The van der Waals surface area contributed by atoms with Gasteiger partial charge in [0.1, 0.15) is 0 Å². The average molecular weight is 1050 g/mol. The predicted molar refractivity (Wildman–Crippen MR) is 348 cm³/mol. The van der Waals surface area contributed by atoms with Crippen LogP contribution in [0.2, 0.25) is 0 Å². The summed E-state index contributed by atoms with van der Waals surface area (Å²) in [5.41, 5.74) is 29.9. The zero-order valence-electron chi connectivity index (χ0n) is 50.5. The Morgan fingerprint density at radius 1 is 0.350 bits per heavy atom. The molecule has 0 saturated carbocycles. The lowest BCUT2D eigenvalue weighted by atomic mass is 9.33. The zero-order valence-corrected chi connectivity index (χ0v) is 50.5. The molecule has 3 heterocycles. The van der Waals surface area contributed by atoms with E-state index in [-0.39, 0.29) is 28.4 Å². The maximum absolute atomic E-state index is 2.66. The molecule has 2 aliphatic heterocycles. The highest BCUT2D eigenvalue weighted by atomic mass is 15.2. The highest BCUT2D eigenvalue weighted by Gasteiger charge is 2.45. The van der Waals surface area contributed by atoms with E-state index in [4.69, 9.17) is 0 Å². The third-order valence-electron chi connectivity index (χ3n) is 17.4. The second-order valence-corrected chi connectivity index (χ2v) is 27.5. The number of rotatable bonds is 6. The average Bonchev–Trinajstić information content (AvgIpc) is 3.32. The van der Waals surface area contributed by atoms with Crippen molar-refractivity contribution in [3.63, 3.8) is 0 Å². The summed E-state index contributed by atoms with van der Waals surface area (Å²) in [7, 11) is 0. The molecule has 0 radical (unpaired) electrons. The van der Waals surface area contributed by atoms with E-state index in [1.165, 1.54) is 122 Å². The number of anilines is 9. The first-order valence-corrected chi connectivity index (χ1v) is 29.0. The fourth-order valence-electron chi connectivity index (χ4n) is 13.2. The van der Waals surface area contributed by atoms with E-state index < -0.39 is 0 Å². The van der Waals surface area contributed by atoms with Gasteiger partial charge in [-0.05, 0) is 196 Å². The smallest absolute Gasteiger partial charge is 0.252 e. The fourth-order valence-corrected chi connectivity index (χ4v) is 13.2. The highest BCUT2D eigenvalue weighted by Crippen LogP contribution is 2.51. The van der Waals surface area contributed by atoms with E-state index in [1.807, 2.05) is 0 Å². The van der Waals surface area contributed by atoms with Crippen molar-refractivity contribution in [3.8, 4) is 5.69 Å². The number of benzene rings is 9. The lowest BCUT2D eigenvalue weighted by Gasteiger charge is -2.46. The molecule has 402 valence electrons. The van der Waals surface area contributed by atoms with Crippen LogP contribution in [-0.2, 0) is 21.7 Å². The third kappa shape index (κ3) is 8.75. The first-order chi connectivity index (χ1) is 37.8. The van der Waals surface area contributed by atoms with Crippen molar-refractivity contribution in [1.82, 2.24) is 4.57 Å². The summed E-state index contributed by atoms with van der Waals surface area (Å²) in [5, 5.41) is 2.48. The Morgan fingerprint density at radius 3 is 1.32 bits per heavy atom. The first kappa shape index (κ1) is 52.9. The molecule has 0 saturated heterocycles. The van der Waals surface area contributed by atoms with Crippen LogP contribution >= 0.6 is 0 Å². The summed E-state index contributed by atoms with van der Waals surface area (Å²) in [6.07, 6.45) is 0. The van der Waals surface area contributed by atoms with E-state index >= 15 is 0 Å². The molecule has 0 bridgehead atoms. The minimum atomic E-state index is -0.0591. The Kier molecular flexibility index (Phi) is 12.3. The molecule has 4 nitrogen and oxygen atoms in total. The molecule has 0 unspecified atom stereocenters. The second kappa shape index (κ2) is 18.7. The van der Waals surface area contributed by atoms with Gasteiger partial charge >= 0.3 is 0 Å². The van der Waals surface area contributed by atoms with Crippen LogP contribution in [0.5, 0.6) is 0 Å². The molecule has 80 heavy (non-hydrogen) atoms. The third-order valence-corrected chi connectivity index (χ3v) is 17.4. The Balaban J connectivity index is 1.16. The lowest BCUT2D eigenvalue weighted by Crippen LogP contribution is -2.61. The number of nitrogens with zero attached hydrogens (tertiary/aromatic N) is 4. The summed E-state index contributed by atoms with van der Waals surface area (Å²) in [4.78, 5) is 7.80. The molecule has 2 aliphatic rings. The van der Waals surface area contributed by atoms with Gasteiger partial charge in [0.05, 0.1) is 22.4 Å². The SMILES string of the molecule is Cc1cc2c3c(c1)N(c1c(C)cc(C(C)(C)C)cc1C)c1cc(C(C)(C)C)ccc1B3c1ccc(N(c3ccc(C(C)(C)C)cc3)c3ccc4c5ccccc5n(-c5ccccc5)c4c3)cc1N2c1c(C)cc(C(C)(C)C)cc1C. The summed E-state index contributed by atoms with van der Waals surface area (Å²) in [6.45, 7) is 39.5. The van der Waals surface area contributed by atoms with Crippen LogP contribution in [0.3, 0.4) is 0 Å². The van der Waals surface area contributed by atoms with Crippen LogP contribution in [0.25, 0.3) is 27.5 Å². The molecular formula is C75H79BN4. The molecule has 0 aliphatic carbocycles. The molecule has 5 heteroatoms. The Morgan fingerprint density at radius 2 is 0.787 bits per heavy atom. The Labute approximate surface area is 477 Å². The van der Waals surface area contributed by atoms with Crippen molar-refractivity contribution in [1.29, 1.82) is 0 Å². The Bertz CT molecular complexity index is 4060. The van der Waals surface area contributed by atoms with Crippen molar-refractivity contribution in [3.05, 3.63) is 220 Å². The Hall–Kier alpha value is -7.76. The zero-order chi connectivity index (χ0) is 56.7. The van der Waals surface area contributed by atoms with Gasteiger partial charge in [0.15, 0.2) is 0 Å². The van der Waals surface area contributed by atoms with E-state index in [0.717, 1.165) is 22.7 Å². The van der Waals surface area contributed by atoms with Crippen molar-refractivity contribution in [2.45, 2.75) is 139 Å². The minimum absolute atomic E-state index is 0.000625. The molecular weight excluding hydrogens is 968 g/mol. The fraction of sp³-hybridized carbons (Fsp3) is 0.280. The summed E-state index contributed by atoms with van der Waals surface area (Å²) in [6, 6.07) is 65.6. The predicted octanol–water partition coefficient (Wildman–Crippen LogP) is 19.1. The number of hydrogen-bond acceptors (Lipinski definition) is 3. The maximum Gasteiger partial charge on any atom is 0.252 e. The molecule has 10 aromatic rings. The van der Waals surface area contributed by atoms with Gasteiger partial charge in [-0.1, -0.05) is 180 Å². The first-order valence-electron chi connectivity index (χ1n) is 29.0. The van der Waals surface area contributed by atoms with Crippen molar-refractivity contribution in [2.75, 3.05) is 14.7 Å². The van der Waals surface area contributed by atoms with Gasteiger partial charge in [0.2, 0.25) is 0 Å². The van der Waals surface area contributed by atoms with E-state index in [0.29, 0.717) is 0 Å². The molecule has 0 fully saturated rings.